The third-order valence-electron chi connectivity index (χ3n) is 3.49. The maximum atomic E-state index is 13.1. The first-order valence-electron chi connectivity index (χ1n) is 5.50. The Hall–Kier alpha value is -0.790. The highest BCUT2D eigenvalue weighted by molar-refractivity contribution is 5.21. The van der Waals surface area contributed by atoms with Gasteiger partial charge >= 0.3 is 0 Å². The first-order chi connectivity index (χ1) is 6.72. The van der Waals surface area contributed by atoms with E-state index < -0.39 is 0 Å². The van der Waals surface area contributed by atoms with Crippen LogP contribution in [0.5, 0.6) is 0 Å². The summed E-state index contributed by atoms with van der Waals surface area (Å²) in [7, 11) is 0. The second kappa shape index (κ2) is 3.76. The van der Waals surface area contributed by atoms with Crippen molar-refractivity contribution in [1.29, 1.82) is 0 Å². The van der Waals surface area contributed by atoms with E-state index in [-0.39, 0.29) is 5.83 Å². The Labute approximate surface area is 85.1 Å². The van der Waals surface area contributed by atoms with Gasteiger partial charge < -0.3 is 5.32 Å². The standard InChI is InChI=1S/C12H18FN/c1-3-11(13)8(2)14-12-6-4-5-9-7-10(9)12/h3,9-10,12,14H,2,4-7H2,1H3/b11-3+. The molecule has 2 heteroatoms. The molecule has 2 rings (SSSR count). The van der Waals surface area contributed by atoms with Crippen LogP contribution in [0.4, 0.5) is 4.39 Å². The molecule has 0 aromatic carbocycles. The molecule has 0 aliphatic heterocycles. The number of allylic oxidation sites excluding steroid dienone is 2. The minimum absolute atomic E-state index is 0.215. The topological polar surface area (TPSA) is 12.0 Å². The van der Waals surface area contributed by atoms with Gasteiger partial charge in [-0.15, -0.1) is 0 Å². The monoisotopic (exact) mass is 195 g/mol. The van der Waals surface area contributed by atoms with Crippen molar-refractivity contribution in [2.75, 3.05) is 0 Å². The molecular formula is C12H18FN. The molecule has 0 saturated heterocycles. The fraction of sp³-hybridized carbons (Fsp3) is 0.667. The molecular weight excluding hydrogens is 177 g/mol. The van der Waals surface area contributed by atoms with Gasteiger partial charge in [-0.05, 0) is 37.7 Å². The van der Waals surface area contributed by atoms with Crippen molar-refractivity contribution in [3.05, 3.63) is 24.2 Å². The van der Waals surface area contributed by atoms with Gasteiger partial charge in [0.25, 0.3) is 0 Å². The van der Waals surface area contributed by atoms with E-state index in [0.29, 0.717) is 11.7 Å². The van der Waals surface area contributed by atoms with E-state index in [1.165, 1.54) is 31.8 Å². The number of halogens is 1. The van der Waals surface area contributed by atoms with E-state index in [1.807, 2.05) is 0 Å². The largest absolute Gasteiger partial charge is 0.380 e. The second-order valence-electron chi connectivity index (χ2n) is 4.46. The van der Waals surface area contributed by atoms with Gasteiger partial charge in [-0.1, -0.05) is 19.4 Å². The van der Waals surface area contributed by atoms with E-state index in [0.717, 1.165) is 11.8 Å². The summed E-state index contributed by atoms with van der Waals surface area (Å²) in [4.78, 5) is 0. The molecule has 78 valence electrons. The summed E-state index contributed by atoms with van der Waals surface area (Å²) < 4.78 is 13.1. The van der Waals surface area contributed by atoms with Gasteiger partial charge in [0.15, 0.2) is 0 Å². The molecule has 3 atom stereocenters. The van der Waals surface area contributed by atoms with E-state index in [4.69, 9.17) is 0 Å². The van der Waals surface area contributed by atoms with Gasteiger partial charge in [0.05, 0.1) is 5.70 Å². The Bertz CT molecular complexity index is 269. The van der Waals surface area contributed by atoms with Crippen molar-refractivity contribution in [3.63, 3.8) is 0 Å². The maximum absolute atomic E-state index is 13.1. The van der Waals surface area contributed by atoms with Crippen LogP contribution in [0, 0.1) is 11.8 Å². The number of rotatable bonds is 3. The van der Waals surface area contributed by atoms with E-state index >= 15 is 0 Å². The lowest BCUT2D eigenvalue weighted by Crippen LogP contribution is -2.32. The van der Waals surface area contributed by atoms with Crippen LogP contribution >= 0.6 is 0 Å². The lowest BCUT2D eigenvalue weighted by Gasteiger charge is -2.24. The lowest BCUT2D eigenvalue weighted by atomic mass is 9.95. The third kappa shape index (κ3) is 1.84. The average molecular weight is 195 g/mol. The summed E-state index contributed by atoms with van der Waals surface area (Å²) in [6.45, 7) is 5.42. The summed E-state index contributed by atoms with van der Waals surface area (Å²) in [5.74, 6) is 1.50. The SMILES string of the molecule is C=C(NC1CCCC2CC21)/C(F)=C\C. The van der Waals surface area contributed by atoms with Crippen molar-refractivity contribution in [3.8, 4) is 0 Å². The second-order valence-corrected chi connectivity index (χ2v) is 4.46. The van der Waals surface area contributed by atoms with E-state index in [1.54, 1.807) is 6.92 Å². The van der Waals surface area contributed by atoms with Gasteiger partial charge in [-0.25, -0.2) is 4.39 Å². The molecule has 0 heterocycles. The van der Waals surface area contributed by atoms with Crippen LogP contribution in [0.15, 0.2) is 24.2 Å². The molecule has 14 heavy (non-hydrogen) atoms. The number of nitrogens with one attached hydrogen (secondary N) is 1. The molecule has 2 aliphatic rings. The fourth-order valence-electron chi connectivity index (χ4n) is 2.56. The molecule has 0 radical (unpaired) electrons. The van der Waals surface area contributed by atoms with Crippen molar-refractivity contribution in [2.45, 2.75) is 38.6 Å². The zero-order valence-electron chi connectivity index (χ0n) is 8.72. The Morgan fingerprint density at radius 3 is 3.00 bits per heavy atom. The highest BCUT2D eigenvalue weighted by Gasteiger charge is 2.45. The predicted molar refractivity (Wildman–Crippen MR) is 56.4 cm³/mol. The Kier molecular flexibility index (Phi) is 2.62. The summed E-state index contributed by atoms with van der Waals surface area (Å²) in [5.41, 5.74) is 0.463. The molecule has 1 nitrogen and oxygen atoms in total. The zero-order chi connectivity index (χ0) is 10.1. The Morgan fingerprint density at radius 2 is 2.29 bits per heavy atom. The predicted octanol–water partition coefficient (Wildman–Crippen LogP) is 3.15. The van der Waals surface area contributed by atoms with Crippen molar-refractivity contribution < 1.29 is 4.39 Å². The molecule has 0 amide bonds. The smallest absolute Gasteiger partial charge is 0.141 e. The molecule has 0 aromatic rings. The number of hydrogen-bond donors (Lipinski definition) is 1. The Morgan fingerprint density at radius 1 is 1.50 bits per heavy atom. The minimum atomic E-state index is -0.215. The van der Waals surface area contributed by atoms with Crippen molar-refractivity contribution >= 4 is 0 Å². The fourth-order valence-corrected chi connectivity index (χ4v) is 2.56. The molecule has 0 bridgehead atoms. The third-order valence-corrected chi connectivity index (χ3v) is 3.49. The van der Waals surface area contributed by atoms with Crippen LogP contribution in [-0.4, -0.2) is 6.04 Å². The lowest BCUT2D eigenvalue weighted by molar-refractivity contribution is 0.373. The Balaban J connectivity index is 1.88. The van der Waals surface area contributed by atoms with Crippen molar-refractivity contribution in [1.82, 2.24) is 5.32 Å². The zero-order valence-corrected chi connectivity index (χ0v) is 8.72. The highest BCUT2D eigenvalue weighted by atomic mass is 19.1. The van der Waals surface area contributed by atoms with Gasteiger partial charge in [-0.3, -0.25) is 0 Å². The highest BCUT2D eigenvalue weighted by Crippen LogP contribution is 2.49. The molecule has 1 N–H and O–H groups in total. The van der Waals surface area contributed by atoms with Crippen LogP contribution in [0.25, 0.3) is 0 Å². The molecule has 2 fully saturated rings. The maximum Gasteiger partial charge on any atom is 0.141 e. The van der Waals surface area contributed by atoms with Gasteiger partial charge in [-0.2, -0.15) is 0 Å². The van der Waals surface area contributed by atoms with Gasteiger partial charge in [0.1, 0.15) is 5.83 Å². The molecule has 3 unspecified atom stereocenters. The minimum Gasteiger partial charge on any atom is -0.380 e. The summed E-state index contributed by atoms with van der Waals surface area (Å²) in [6.07, 6.45) is 6.63. The van der Waals surface area contributed by atoms with E-state index in [2.05, 4.69) is 11.9 Å². The molecule has 2 aliphatic carbocycles. The number of fused-ring (bicyclic) bond motifs is 1. The van der Waals surface area contributed by atoms with Gasteiger partial charge in [0, 0.05) is 6.04 Å². The summed E-state index contributed by atoms with van der Waals surface area (Å²) in [5, 5.41) is 3.22. The van der Waals surface area contributed by atoms with Crippen LogP contribution in [0.1, 0.15) is 32.6 Å². The molecule has 0 aromatic heterocycles. The first kappa shape index (κ1) is 9.75. The van der Waals surface area contributed by atoms with Gasteiger partial charge in [0.2, 0.25) is 0 Å². The summed E-state index contributed by atoms with van der Waals surface area (Å²) >= 11 is 0. The van der Waals surface area contributed by atoms with Crippen LogP contribution in [0.3, 0.4) is 0 Å². The number of hydrogen-bond acceptors (Lipinski definition) is 1. The summed E-state index contributed by atoms with van der Waals surface area (Å²) in [6, 6.07) is 0.479. The van der Waals surface area contributed by atoms with E-state index in [9.17, 15) is 4.39 Å². The van der Waals surface area contributed by atoms with Crippen LogP contribution in [-0.2, 0) is 0 Å². The first-order valence-corrected chi connectivity index (χ1v) is 5.50. The van der Waals surface area contributed by atoms with Crippen molar-refractivity contribution in [2.24, 2.45) is 11.8 Å². The normalized spacial score (nSPS) is 36.1. The van der Waals surface area contributed by atoms with Crippen LogP contribution < -0.4 is 5.32 Å². The average Bonchev–Trinajstić information content (AvgIpc) is 2.96. The van der Waals surface area contributed by atoms with Crippen LogP contribution in [0.2, 0.25) is 0 Å². The quantitative estimate of drug-likeness (QED) is 0.682. The molecule has 2 saturated carbocycles. The molecule has 0 spiro atoms.